The number of aliphatic carboxylic acids is 1. The first kappa shape index (κ1) is 21.5. The molecule has 2 aromatic carbocycles. The number of benzene rings is 2. The molecule has 1 aliphatic rings. The number of carbonyl (C=O) groups is 1. The highest BCUT2D eigenvalue weighted by Crippen LogP contribution is 2.47. The summed E-state index contributed by atoms with van der Waals surface area (Å²) < 4.78 is 26.6. The number of unbranched alkanes of at least 4 members (excludes halogenated alkanes) is 3. The first-order chi connectivity index (χ1) is 13.7. The van der Waals surface area contributed by atoms with Crippen molar-refractivity contribution in [1.29, 1.82) is 0 Å². The first-order valence-electron chi connectivity index (χ1n) is 9.97. The third-order valence-corrected chi connectivity index (χ3v) is 8.51. The Morgan fingerprint density at radius 2 is 1.66 bits per heavy atom. The van der Waals surface area contributed by atoms with Gasteiger partial charge in [-0.05, 0) is 42.6 Å². The Hall–Kier alpha value is -2.22. The molecule has 0 radical (unpaired) electrons. The molecule has 0 saturated heterocycles. The van der Waals surface area contributed by atoms with E-state index in [1.165, 1.54) is 10.6 Å². The van der Waals surface area contributed by atoms with E-state index in [2.05, 4.69) is 5.32 Å². The number of carboxylic acid groups (broad SMARTS) is 1. The van der Waals surface area contributed by atoms with Gasteiger partial charge >= 0.3 is 5.97 Å². The molecular formula is C22H30N2O4S. The number of fused-ring (bicyclic) bond motifs is 2. The summed E-state index contributed by atoms with van der Waals surface area (Å²) in [6.45, 7) is 0.742. The zero-order valence-electron chi connectivity index (χ0n) is 17.0. The van der Waals surface area contributed by atoms with E-state index in [0.717, 1.165) is 42.6 Å². The summed E-state index contributed by atoms with van der Waals surface area (Å²) in [4.78, 5) is 11.1. The van der Waals surface area contributed by atoms with E-state index in [-0.39, 0.29) is 12.5 Å². The van der Waals surface area contributed by atoms with Crippen LogP contribution in [0.15, 0.2) is 53.4 Å². The molecule has 0 aliphatic carbocycles. The van der Waals surface area contributed by atoms with Gasteiger partial charge in [-0.2, -0.15) is 4.21 Å². The van der Waals surface area contributed by atoms with Crippen LogP contribution in [-0.4, -0.2) is 39.7 Å². The lowest BCUT2D eigenvalue weighted by molar-refractivity contribution is -0.137. The monoisotopic (exact) mass is 418 g/mol. The molecule has 0 bridgehead atoms. The summed E-state index contributed by atoms with van der Waals surface area (Å²) in [7, 11) is -2.57. The number of hydrogen-bond donors (Lipinski definition) is 3. The maximum Gasteiger partial charge on any atom is 0.303 e. The van der Waals surface area contributed by atoms with Crippen molar-refractivity contribution < 1.29 is 18.7 Å². The number of carboxylic acids is 1. The van der Waals surface area contributed by atoms with E-state index >= 15 is 0 Å². The Bertz CT molecular complexity index is 953. The Kier molecular flexibility index (Phi) is 6.12. The van der Waals surface area contributed by atoms with Gasteiger partial charge in [-0.1, -0.05) is 49.2 Å². The van der Waals surface area contributed by atoms with Crippen LogP contribution in [0, 0.1) is 0 Å². The fraction of sp³-hybridized carbons (Fsp3) is 0.409. The van der Waals surface area contributed by atoms with Gasteiger partial charge in [0.1, 0.15) is 0 Å². The summed E-state index contributed by atoms with van der Waals surface area (Å²) >= 11 is 0. The molecule has 2 aromatic rings. The van der Waals surface area contributed by atoms with Gasteiger partial charge in [-0.15, -0.1) is 9.53 Å². The van der Waals surface area contributed by atoms with Crippen LogP contribution in [0.2, 0.25) is 0 Å². The van der Waals surface area contributed by atoms with E-state index < -0.39 is 15.5 Å². The van der Waals surface area contributed by atoms with Crippen LogP contribution in [0.5, 0.6) is 0 Å². The molecule has 0 fully saturated rings. The Balaban J connectivity index is 1.86. The largest absolute Gasteiger partial charge is 0.481 e. The van der Waals surface area contributed by atoms with E-state index in [4.69, 9.17) is 5.11 Å². The molecule has 3 N–H and O–H groups in total. The van der Waals surface area contributed by atoms with Gasteiger partial charge in [0.05, 0.1) is 16.6 Å². The summed E-state index contributed by atoms with van der Waals surface area (Å²) in [5.41, 5.74) is 2.53. The fourth-order valence-corrected chi connectivity index (χ4v) is 5.98. The number of para-hydroxylation sites is 1. The van der Waals surface area contributed by atoms with Crippen LogP contribution in [0.1, 0.15) is 49.3 Å². The molecule has 29 heavy (non-hydrogen) atoms. The average Bonchev–Trinajstić information content (AvgIpc) is 2.74. The highest BCUT2D eigenvalue weighted by Gasteiger charge is 2.39. The van der Waals surface area contributed by atoms with Crippen LogP contribution in [0.3, 0.4) is 0 Å². The molecule has 6 nitrogen and oxygen atoms in total. The second-order valence-corrected chi connectivity index (χ2v) is 11.2. The van der Waals surface area contributed by atoms with Gasteiger partial charge < -0.3 is 10.4 Å². The van der Waals surface area contributed by atoms with E-state index in [1.807, 2.05) is 36.4 Å². The SMILES string of the molecule is CN1c2ccccc2C(NCCCCCCC(=O)O)c2ccccc2S1(C)(=O)O. The van der Waals surface area contributed by atoms with Gasteiger partial charge in [-0.25, -0.2) is 0 Å². The van der Waals surface area contributed by atoms with E-state index in [1.54, 1.807) is 19.2 Å². The van der Waals surface area contributed by atoms with Crippen molar-refractivity contribution >= 4 is 21.2 Å². The predicted octanol–water partition coefficient (Wildman–Crippen LogP) is 4.05. The number of nitrogens with zero attached hydrogens (tertiary/aromatic N) is 1. The minimum atomic E-state index is -4.24. The van der Waals surface area contributed by atoms with E-state index in [0.29, 0.717) is 11.3 Å². The topological polar surface area (TPSA) is 89.9 Å². The minimum Gasteiger partial charge on any atom is -0.481 e. The van der Waals surface area contributed by atoms with Crippen LogP contribution in [0.25, 0.3) is 0 Å². The van der Waals surface area contributed by atoms with Crippen LogP contribution in [0.4, 0.5) is 5.69 Å². The quantitative estimate of drug-likeness (QED) is 0.563. The number of anilines is 1. The number of nitrogens with one attached hydrogen (secondary N) is 1. The van der Waals surface area contributed by atoms with Crippen LogP contribution < -0.4 is 9.62 Å². The van der Waals surface area contributed by atoms with Crippen molar-refractivity contribution in [2.75, 3.05) is 24.2 Å². The van der Waals surface area contributed by atoms with Crippen molar-refractivity contribution in [3.8, 4) is 0 Å². The molecule has 0 spiro atoms. The van der Waals surface area contributed by atoms with Crippen molar-refractivity contribution in [2.45, 2.75) is 43.0 Å². The molecule has 1 aliphatic heterocycles. The lowest BCUT2D eigenvalue weighted by Crippen LogP contribution is -2.47. The maximum atomic E-state index is 13.8. The summed E-state index contributed by atoms with van der Waals surface area (Å²) in [6, 6.07) is 14.9. The van der Waals surface area contributed by atoms with Crippen molar-refractivity contribution in [2.24, 2.45) is 0 Å². The Morgan fingerprint density at radius 1 is 1.03 bits per heavy atom. The highest BCUT2D eigenvalue weighted by molar-refractivity contribution is 8.15. The molecule has 7 heteroatoms. The molecule has 1 unspecified atom stereocenters. The number of rotatable bonds is 8. The Morgan fingerprint density at radius 3 is 2.38 bits per heavy atom. The second-order valence-electron chi connectivity index (χ2n) is 7.77. The molecule has 0 saturated carbocycles. The normalized spacial score (nSPS) is 20.6. The average molecular weight is 419 g/mol. The van der Waals surface area contributed by atoms with Crippen molar-refractivity contribution in [1.82, 2.24) is 5.32 Å². The smallest absolute Gasteiger partial charge is 0.303 e. The second kappa shape index (κ2) is 8.26. The standard InChI is InChI=1S/C22H30N2O4S/c1-24-19-13-8-6-11-17(19)22(23-16-10-4-3-5-15-21(25)26)18-12-7-9-14-20(18)29(24,2,27)28/h6-9,11-14,22-23H,3-5,10,15-16H2,1-2H3,(H,25,26)(H,27,28). The van der Waals surface area contributed by atoms with Crippen molar-refractivity contribution in [3.05, 3.63) is 59.7 Å². The van der Waals surface area contributed by atoms with Gasteiger partial charge in [0.2, 0.25) is 0 Å². The lowest BCUT2D eigenvalue weighted by Gasteiger charge is -2.48. The summed E-state index contributed by atoms with van der Waals surface area (Å²) in [6.07, 6.45) is 5.07. The molecule has 3 rings (SSSR count). The van der Waals surface area contributed by atoms with Crippen LogP contribution in [-0.2, 0) is 14.3 Å². The molecule has 158 valence electrons. The third-order valence-electron chi connectivity index (χ3n) is 5.63. The van der Waals surface area contributed by atoms with E-state index in [9.17, 15) is 13.6 Å². The van der Waals surface area contributed by atoms with Crippen LogP contribution >= 0.6 is 0 Å². The number of hydrogen-bond acceptors (Lipinski definition) is 3. The van der Waals surface area contributed by atoms with Gasteiger partial charge in [0.25, 0.3) is 0 Å². The predicted molar refractivity (Wildman–Crippen MR) is 117 cm³/mol. The Labute approximate surface area is 172 Å². The molecule has 1 atom stereocenters. The van der Waals surface area contributed by atoms with Gasteiger partial charge in [-0.3, -0.25) is 13.7 Å². The fourth-order valence-electron chi connectivity index (χ4n) is 3.93. The van der Waals surface area contributed by atoms with Crippen molar-refractivity contribution in [3.63, 3.8) is 0 Å². The van der Waals surface area contributed by atoms with Gasteiger partial charge in [0.15, 0.2) is 0 Å². The summed E-state index contributed by atoms with van der Waals surface area (Å²) in [5.74, 6) is -0.749. The zero-order chi connectivity index (χ0) is 21.1. The molecule has 0 aromatic heterocycles. The highest BCUT2D eigenvalue weighted by atomic mass is 32.3. The maximum absolute atomic E-state index is 13.8. The third kappa shape index (κ3) is 4.37. The summed E-state index contributed by atoms with van der Waals surface area (Å²) in [5, 5.41) is 12.3. The molecule has 1 heterocycles. The molecule has 0 amide bonds. The molecular weight excluding hydrogens is 388 g/mol. The minimum absolute atomic E-state index is 0.192. The van der Waals surface area contributed by atoms with Gasteiger partial charge in [0, 0.05) is 19.7 Å². The zero-order valence-corrected chi connectivity index (χ0v) is 17.8. The first-order valence-corrected chi connectivity index (χ1v) is 12.3. The lowest BCUT2D eigenvalue weighted by atomic mass is 9.96.